The lowest BCUT2D eigenvalue weighted by molar-refractivity contribution is -0.156. The Balaban J connectivity index is 1.59. The largest absolute Gasteiger partial charge is 0.493 e. The molecule has 8 nitrogen and oxygen atoms in total. The van der Waals surface area contributed by atoms with Crippen molar-refractivity contribution in [2.75, 3.05) is 26.4 Å². The fraction of sp³-hybridized carbons (Fsp3) is 0.581. The summed E-state index contributed by atoms with van der Waals surface area (Å²) in [5.74, 6) is 1.17. The number of carboxylic acids is 1. The van der Waals surface area contributed by atoms with Gasteiger partial charge in [0, 0.05) is 18.2 Å². The minimum Gasteiger partial charge on any atom is -0.493 e. The molecule has 4 rings (SSSR count). The summed E-state index contributed by atoms with van der Waals surface area (Å²) in [4.78, 5) is 13.9. The van der Waals surface area contributed by atoms with Crippen LogP contribution in [0.2, 0.25) is 0 Å². The molecule has 0 heterocycles. The lowest BCUT2D eigenvalue weighted by Crippen LogP contribution is -2.64. The Bertz CT molecular complexity index is 1060. The number of rotatable bonds is 16. The molecule has 3 N–H and O–H groups in total. The van der Waals surface area contributed by atoms with Gasteiger partial charge in [-0.2, -0.15) is 0 Å². The zero-order chi connectivity index (χ0) is 28.0. The molecule has 2 aromatic carbocycles. The van der Waals surface area contributed by atoms with Gasteiger partial charge in [-0.05, 0) is 89.0 Å². The Morgan fingerprint density at radius 1 is 1.05 bits per heavy atom. The lowest BCUT2D eigenvalue weighted by atomic mass is 9.77. The highest BCUT2D eigenvalue weighted by atomic mass is 16.5. The molecular weight excluding hydrogens is 496 g/mol. The number of ether oxygens (including phenoxy) is 3. The van der Waals surface area contributed by atoms with Crippen molar-refractivity contribution in [2.24, 2.45) is 0 Å². The van der Waals surface area contributed by atoms with E-state index >= 15 is 0 Å². The molecule has 214 valence electrons. The van der Waals surface area contributed by atoms with Gasteiger partial charge in [-0.3, -0.25) is 15.0 Å². The van der Waals surface area contributed by atoms with Crippen molar-refractivity contribution in [2.45, 2.75) is 89.8 Å². The van der Waals surface area contributed by atoms with Crippen LogP contribution in [0.3, 0.4) is 0 Å². The van der Waals surface area contributed by atoms with E-state index in [1.54, 1.807) is 0 Å². The van der Waals surface area contributed by atoms with Crippen molar-refractivity contribution in [1.29, 1.82) is 0 Å². The summed E-state index contributed by atoms with van der Waals surface area (Å²) in [6.07, 6.45) is 2.75. The summed E-state index contributed by atoms with van der Waals surface area (Å²) < 4.78 is 18.3. The van der Waals surface area contributed by atoms with Gasteiger partial charge in [0.15, 0.2) is 6.35 Å². The molecule has 2 fully saturated rings. The zero-order valence-corrected chi connectivity index (χ0v) is 23.7. The van der Waals surface area contributed by atoms with Gasteiger partial charge in [0.2, 0.25) is 0 Å². The van der Waals surface area contributed by atoms with E-state index in [2.05, 4.69) is 5.32 Å². The summed E-state index contributed by atoms with van der Waals surface area (Å²) in [7, 11) is 0. The highest BCUT2D eigenvalue weighted by molar-refractivity contribution is 5.80. The average molecular weight is 541 g/mol. The van der Waals surface area contributed by atoms with E-state index in [4.69, 9.17) is 14.2 Å². The van der Waals surface area contributed by atoms with Crippen LogP contribution in [-0.2, 0) is 9.53 Å². The van der Waals surface area contributed by atoms with Crippen LogP contribution in [-0.4, -0.2) is 59.3 Å². The van der Waals surface area contributed by atoms with E-state index in [1.807, 2.05) is 75.1 Å². The maximum absolute atomic E-state index is 12.1. The van der Waals surface area contributed by atoms with Crippen LogP contribution < -0.4 is 14.8 Å². The molecule has 2 aromatic rings. The Morgan fingerprint density at radius 2 is 1.67 bits per heavy atom. The monoisotopic (exact) mass is 540 g/mol. The Morgan fingerprint density at radius 3 is 2.15 bits per heavy atom. The molecule has 8 heteroatoms. The van der Waals surface area contributed by atoms with Gasteiger partial charge in [0.05, 0.1) is 25.9 Å². The van der Waals surface area contributed by atoms with E-state index in [1.165, 1.54) is 0 Å². The van der Waals surface area contributed by atoms with Crippen LogP contribution in [0.4, 0.5) is 0 Å². The fourth-order valence-electron chi connectivity index (χ4n) is 5.34. The van der Waals surface area contributed by atoms with Crippen LogP contribution in [0.5, 0.6) is 11.5 Å². The molecule has 1 unspecified atom stereocenters. The van der Waals surface area contributed by atoms with E-state index in [0.717, 1.165) is 47.5 Å². The van der Waals surface area contributed by atoms with Gasteiger partial charge in [-0.1, -0.05) is 30.3 Å². The summed E-state index contributed by atoms with van der Waals surface area (Å²) >= 11 is 0. The Hall–Kier alpha value is -2.65. The van der Waals surface area contributed by atoms with Crippen molar-refractivity contribution < 1.29 is 29.2 Å². The van der Waals surface area contributed by atoms with E-state index in [0.29, 0.717) is 45.1 Å². The molecule has 0 saturated heterocycles. The lowest BCUT2D eigenvalue weighted by Gasteiger charge is -2.44. The van der Waals surface area contributed by atoms with Crippen LogP contribution in [0, 0.1) is 0 Å². The van der Waals surface area contributed by atoms with Crippen molar-refractivity contribution >= 4 is 5.97 Å². The number of hydrogen-bond acceptors (Lipinski definition) is 7. The Kier molecular flexibility index (Phi) is 9.88. The van der Waals surface area contributed by atoms with Crippen molar-refractivity contribution in [3.8, 4) is 11.5 Å². The van der Waals surface area contributed by atoms with Gasteiger partial charge in [-0.25, -0.2) is 0 Å². The molecule has 2 aliphatic carbocycles. The summed E-state index contributed by atoms with van der Waals surface area (Å²) in [5.41, 5.74) is 2.02. The second kappa shape index (κ2) is 13.1. The first-order valence-corrected chi connectivity index (χ1v) is 14.3. The molecule has 2 aliphatic rings. The normalized spacial score (nSPS) is 18.7. The van der Waals surface area contributed by atoms with Gasteiger partial charge in [0.1, 0.15) is 17.0 Å². The van der Waals surface area contributed by atoms with E-state index < -0.39 is 17.9 Å². The number of nitrogens with zero attached hydrogens (tertiary/aromatic N) is 1. The first-order valence-electron chi connectivity index (χ1n) is 14.3. The van der Waals surface area contributed by atoms with Crippen LogP contribution in [0.1, 0.15) is 94.6 Å². The molecule has 0 aliphatic heterocycles. The number of carboxylic acid groups (broad SMARTS) is 1. The number of nitrogens with one attached hydrogen (secondary N) is 1. The third-order valence-corrected chi connectivity index (χ3v) is 8.01. The SMILES string of the molecule is CCOc1cc([C@@H](C)N(CCO[C@@H](C)c2ccccc2)C(O)NC2(C(=O)O)CCC2)cc(OCC)c1C1CC1. The Labute approximate surface area is 232 Å². The third-order valence-electron chi connectivity index (χ3n) is 8.01. The number of carbonyl (C=O) groups is 1. The number of aliphatic hydroxyl groups excluding tert-OH is 1. The van der Waals surface area contributed by atoms with Crippen molar-refractivity contribution in [3.05, 3.63) is 59.2 Å². The topological polar surface area (TPSA) is 100 Å². The second-order valence-corrected chi connectivity index (χ2v) is 10.7. The molecule has 0 bridgehead atoms. The molecule has 3 atom stereocenters. The summed E-state index contributed by atoms with van der Waals surface area (Å²) in [5, 5.41) is 24.3. The smallest absolute Gasteiger partial charge is 0.324 e. The average Bonchev–Trinajstić information content (AvgIpc) is 3.74. The molecule has 2 saturated carbocycles. The molecule has 0 radical (unpaired) electrons. The maximum Gasteiger partial charge on any atom is 0.324 e. The van der Waals surface area contributed by atoms with E-state index in [9.17, 15) is 15.0 Å². The number of aliphatic carboxylic acids is 1. The zero-order valence-electron chi connectivity index (χ0n) is 23.7. The summed E-state index contributed by atoms with van der Waals surface area (Å²) in [6.45, 7) is 9.80. The number of benzene rings is 2. The maximum atomic E-state index is 12.1. The number of hydrogen-bond donors (Lipinski definition) is 3. The molecule has 39 heavy (non-hydrogen) atoms. The van der Waals surface area contributed by atoms with Gasteiger partial charge >= 0.3 is 5.97 Å². The van der Waals surface area contributed by atoms with Crippen molar-refractivity contribution in [1.82, 2.24) is 10.2 Å². The quantitative estimate of drug-likeness (QED) is 0.244. The first kappa shape index (κ1) is 29.3. The first-order chi connectivity index (χ1) is 18.8. The van der Waals surface area contributed by atoms with Crippen LogP contribution in [0.15, 0.2) is 42.5 Å². The van der Waals surface area contributed by atoms with E-state index in [-0.39, 0.29) is 12.1 Å². The van der Waals surface area contributed by atoms with Gasteiger partial charge in [0.25, 0.3) is 0 Å². The van der Waals surface area contributed by atoms with Gasteiger partial charge in [-0.15, -0.1) is 0 Å². The minimum atomic E-state index is -1.18. The molecule has 0 amide bonds. The standard InChI is InChI=1S/C31H44N2O6/c1-5-37-26-19-25(20-27(38-6-2)28(26)24-13-14-24)21(3)33(30(36)32-31(29(34)35)15-10-16-31)17-18-39-22(4)23-11-8-7-9-12-23/h7-9,11-12,19-22,24,30,32,36H,5-6,10,13-18H2,1-4H3,(H,34,35)/t21-,22+,30?/m1/s1. The van der Waals surface area contributed by atoms with Crippen LogP contribution >= 0.6 is 0 Å². The van der Waals surface area contributed by atoms with Crippen molar-refractivity contribution in [3.63, 3.8) is 0 Å². The second-order valence-electron chi connectivity index (χ2n) is 10.7. The summed E-state index contributed by atoms with van der Waals surface area (Å²) in [6, 6.07) is 13.8. The highest BCUT2D eigenvalue weighted by Gasteiger charge is 2.46. The highest BCUT2D eigenvalue weighted by Crippen LogP contribution is 2.50. The molecule has 0 aromatic heterocycles. The number of aliphatic hydroxyl groups is 1. The molecular formula is C31H44N2O6. The predicted octanol–water partition coefficient (Wildman–Crippen LogP) is 5.38. The third kappa shape index (κ3) is 6.92. The predicted molar refractivity (Wildman–Crippen MR) is 150 cm³/mol. The fourth-order valence-corrected chi connectivity index (χ4v) is 5.34. The van der Waals surface area contributed by atoms with Crippen LogP contribution in [0.25, 0.3) is 0 Å². The molecule has 0 spiro atoms. The van der Waals surface area contributed by atoms with Gasteiger partial charge < -0.3 is 24.4 Å². The minimum absolute atomic E-state index is 0.114.